The van der Waals surface area contributed by atoms with Crippen molar-refractivity contribution in [3.05, 3.63) is 46.8 Å². The summed E-state index contributed by atoms with van der Waals surface area (Å²) in [6.45, 7) is 0. The summed E-state index contributed by atoms with van der Waals surface area (Å²) in [5, 5.41) is 8.67. The zero-order valence-electron chi connectivity index (χ0n) is 8.09. The van der Waals surface area contributed by atoms with E-state index in [1.165, 1.54) is 12.4 Å². The minimum absolute atomic E-state index is 0.0548. The number of hydrogen-bond acceptors (Lipinski definition) is 3. The molecule has 0 spiro atoms. The summed E-state index contributed by atoms with van der Waals surface area (Å²) in [4.78, 5) is 18.4. The van der Waals surface area contributed by atoms with Crippen molar-refractivity contribution < 1.29 is 9.90 Å². The van der Waals surface area contributed by atoms with Gasteiger partial charge >= 0.3 is 5.97 Å². The van der Waals surface area contributed by atoms with E-state index >= 15 is 0 Å². The van der Waals surface area contributed by atoms with Crippen molar-refractivity contribution in [3.8, 4) is 11.3 Å². The highest BCUT2D eigenvalue weighted by atomic mass is 79.9. The molecule has 0 radical (unpaired) electrons. The van der Waals surface area contributed by atoms with Gasteiger partial charge in [0.15, 0.2) is 5.69 Å². The molecule has 1 aromatic carbocycles. The van der Waals surface area contributed by atoms with Gasteiger partial charge in [0.2, 0.25) is 0 Å². The molecule has 16 heavy (non-hydrogen) atoms. The summed E-state index contributed by atoms with van der Waals surface area (Å²) in [5.74, 6) is -1.07. The van der Waals surface area contributed by atoms with Crippen molar-refractivity contribution in [2.24, 2.45) is 0 Å². The second kappa shape index (κ2) is 4.40. The summed E-state index contributed by atoms with van der Waals surface area (Å²) in [6, 6.07) is 7.55. The Kier molecular flexibility index (Phi) is 2.96. The fourth-order valence-electron chi connectivity index (χ4n) is 1.21. The van der Waals surface area contributed by atoms with Crippen LogP contribution in [0.2, 0.25) is 0 Å². The molecule has 5 heteroatoms. The average Bonchev–Trinajstić information content (AvgIpc) is 2.30. The van der Waals surface area contributed by atoms with Gasteiger partial charge < -0.3 is 5.11 Å². The monoisotopic (exact) mass is 278 g/mol. The molecule has 1 heterocycles. The standard InChI is InChI=1S/C11H7BrN2O2/c12-8-3-1-7(2-4-8)9-5-14-10(6-13-9)11(15)16/h1-6H,(H,15,16). The Morgan fingerprint density at radius 1 is 1.12 bits per heavy atom. The van der Waals surface area contributed by atoms with Gasteiger partial charge in [0.1, 0.15) is 0 Å². The Bertz CT molecular complexity index is 509. The fraction of sp³-hybridized carbons (Fsp3) is 0. The lowest BCUT2D eigenvalue weighted by Gasteiger charge is -2.00. The molecule has 0 saturated carbocycles. The van der Waals surface area contributed by atoms with E-state index in [0.29, 0.717) is 5.69 Å². The van der Waals surface area contributed by atoms with Crippen molar-refractivity contribution in [3.63, 3.8) is 0 Å². The van der Waals surface area contributed by atoms with E-state index in [-0.39, 0.29) is 5.69 Å². The highest BCUT2D eigenvalue weighted by molar-refractivity contribution is 9.10. The normalized spacial score (nSPS) is 10.1. The van der Waals surface area contributed by atoms with Crippen molar-refractivity contribution in [2.45, 2.75) is 0 Å². The third-order valence-electron chi connectivity index (χ3n) is 2.01. The molecule has 2 aromatic rings. The largest absolute Gasteiger partial charge is 0.476 e. The molecule has 0 amide bonds. The number of halogens is 1. The van der Waals surface area contributed by atoms with Crippen LogP contribution in [0.3, 0.4) is 0 Å². The second-order valence-electron chi connectivity index (χ2n) is 3.10. The summed E-state index contributed by atoms with van der Waals surface area (Å²) in [7, 11) is 0. The predicted molar refractivity (Wildman–Crippen MR) is 62.1 cm³/mol. The van der Waals surface area contributed by atoms with Crippen LogP contribution in [0.4, 0.5) is 0 Å². The summed E-state index contributed by atoms with van der Waals surface area (Å²) >= 11 is 3.33. The van der Waals surface area contributed by atoms with Gasteiger partial charge in [-0.15, -0.1) is 0 Å². The number of aromatic carboxylic acids is 1. The molecule has 0 aliphatic heterocycles. The van der Waals surface area contributed by atoms with Crippen molar-refractivity contribution in [1.29, 1.82) is 0 Å². The quantitative estimate of drug-likeness (QED) is 0.917. The van der Waals surface area contributed by atoms with E-state index < -0.39 is 5.97 Å². The zero-order chi connectivity index (χ0) is 11.5. The predicted octanol–water partition coefficient (Wildman–Crippen LogP) is 2.60. The van der Waals surface area contributed by atoms with Crippen LogP contribution in [-0.2, 0) is 0 Å². The first-order chi connectivity index (χ1) is 7.66. The molecule has 0 fully saturated rings. The van der Waals surface area contributed by atoms with Gasteiger partial charge in [0.25, 0.3) is 0 Å². The van der Waals surface area contributed by atoms with Crippen molar-refractivity contribution in [2.75, 3.05) is 0 Å². The minimum Gasteiger partial charge on any atom is -0.476 e. The molecule has 80 valence electrons. The van der Waals surface area contributed by atoms with E-state index in [2.05, 4.69) is 25.9 Å². The molecule has 0 unspecified atom stereocenters. The number of carboxylic acid groups (broad SMARTS) is 1. The summed E-state index contributed by atoms with van der Waals surface area (Å²) in [5.41, 5.74) is 1.49. The number of nitrogens with zero attached hydrogens (tertiary/aromatic N) is 2. The van der Waals surface area contributed by atoms with Crippen molar-refractivity contribution >= 4 is 21.9 Å². The van der Waals surface area contributed by atoms with Crippen LogP contribution in [0.15, 0.2) is 41.1 Å². The first-order valence-corrected chi connectivity index (χ1v) is 5.27. The fourth-order valence-corrected chi connectivity index (χ4v) is 1.47. The van der Waals surface area contributed by atoms with Crippen LogP contribution in [-0.4, -0.2) is 21.0 Å². The zero-order valence-corrected chi connectivity index (χ0v) is 9.68. The third kappa shape index (κ3) is 2.25. The maximum absolute atomic E-state index is 10.6. The van der Waals surface area contributed by atoms with Crippen LogP contribution >= 0.6 is 15.9 Å². The molecule has 0 saturated heterocycles. The lowest BCUT2D eigenvalue weighted by atomic mass is 10.2. The lowest BCUT2D eigenvalue weighted by molar-refractivity contribution is 0.0690. The number of benzene rings is 1. The van der Waals surface area contributed by atoms with Gasteiger partial charge in [-0.1, -0.05) is 28.1 Å². The van der Waals surface area contributed by atoms with Crippen LogP contribution < -0.4 is 0 Å². The molecular formula is C11H7BrN2O2. The molecular weight excluding hydrogens is 272 g/mol. The maximum Gasteiger partial charge on any atom is 0.356 e. The molecule has 1 N–H and O–H groups in total. The van der Waals surface area contributed by atoms with Gasteiger partial charge in [0.05, 0.1) is 18.1 Å². The van der Waals surface area contributed by atoms with Gasteiger partial charge in [0, 0.05) is 10.0 Å². The van der Waals surface area contributed by atoms with Crippen LogP contribution in [0.1, 0.15) is 10.5 Å². The van der Waals surface area contributed by atoms with Gasteiger partial charge in [-0.25, -0.2) is 9.78 Å². The van der Waals surface area contributed by atoms with Crippen LogP contribution in [0.25, 0.3) is 11.3 Å². The van der Waals surface area contributed by atoms with E-state index in [1.54, 1.807) is 0 Å². The van der Waals surface area contributed by atoms with E-state index in [4.69, 9.17) is 5.11 Å². The van der Waals surface area contributed by atoms with E-state index in [0.717, 1.165) is 10.0 Å². The Hall–Kier alpha value is -1.75. The number of rotatable bonds is 2. The highest BCUT2D eigenvalue weighted by Gasteiger charge is 2.05. The van der Waals surface area contributed by atoms with E-state index in [1.807, 2.05) is 24.3 Å². The van der Waals surface area contributed by atoms with E-state index in [9.17, 15) is 4.79 Å². The third-order valence-corrected chi connectivity index (χ3v) is 2.54. The SMILES string of the molecule is O=C(O)c1cnc(-c2ccc(Br)cc2)cn1. The van der Waals surface area contributed by atoms with Gasteiger partial charge in [-0.2, -0.15) is 0 Å². The maximum atomic E-state index is 10.6. The molecule has 4 nitrogen and oxygen atoms in total. The molecule has 0 atom stereocenters. The molecule has 0 aliphatic carbocycles. The first-order valence-electron chi connectivity index (χ1n) is 4.48. The Labute approximate surface area is 100 Å². The molecule has 2 rings (SSSR count). The Morgan fingerprint density at radius 2 is 1.81 bits per heavy atom. The Morgan fingerprint density at radius 3 is 2.31 bits per heavy atom. The molecule has 0 bridgehead atoms. The van der Waals surface area contributed by atoms with Gasteiger partial charge in [-0.3, -0.25) is 4.98 Å². The summed E-state index contributed by atoms with van der Waals surface area (Å²) < 4.78 is 0.978. The second-order valence-corrected chi connectivity index (χ2v) is 4.01. The number of carboxylic acids is 1. The van der Waals surface area contributed by atoms with Crippen LogP contribution in [0, 0.1) is 0 Å². The highest BCUT2D eigenvalue weighted by Crippen LogP contribution is 2.18. The Balaban J connectivity index is 2.34. The number of carbonyl (C=O) groups is 1. The first kappa shape index (κ1) is 10.8. The summed E-state index contributed by atoms with van der Waals surface area (Å²) in [6.07, 6.45) is 2.70. The number of aromatic nitrogens is 2. The lowest BCUT2D eigenvalue weighted by Crippen LogP contribution is -2.00. The average molecular weight is 279 g/mol. The molecule has 1 aromatic heterocycles. The van der Waals surface area contributed by atoms with Crippen LogP contribution in [0.5, 0.6) is 0 Å². The smallest absolute Gasteiger partial charge is 0.356 e. The minimum atomic E-state index is -1.07. The number of hydrogen-bond donors (Lipinski definition) is 1. The van der Waals surface area contributed by atoms with Crippen molar-refractivity contribution in [1.82, 2.24) is 9.97 Å². The molecule has 0 aliphatic rings. The topological polar surface area (TPSA) is 63.1 Å². The van der Waals surface area contributed by atoms with Gasteiger partial charge in [-0.05, 0) is 12.1 Å².